The fraction of sp³-hybridized carbons (Fsp3) is 0.538. The third kappa shape index (κ3) is 5.10. The van der Waals surface area contributed by atoms with Crippen molar-refractivity contribution in [2.45, 2.75) is 32.4 Å². The molecule has 0 spiro atoms. The van der Waals surface area contributed by atoms with Gasteiger partial charge in [-0.15, -0.1) is 0 Å². The summed E-state index contributed by atoms with van der Waals surface area (Å²) in [4.78, 5) is 2.32. The van der Waals surface area contributed by atoms with Crippen molar-refractivity contribution in [2.24, 2.45) is 5.73 Å². The van der Waals surface area contributed by atoms with Gasteiger partial charge in [-0.05, 0) is 44.1 Å². The first-order valence-electron chi connectivity index (χ1n) is 5.80. The molecule has 0 bridgehead atoms. The van der Waals surface area contributed by atoms with Crippen molar-refractivity contribution in [2.75, 3.05) is 13.6 Å². The average Bonchev–Trinajstić information content (AvgIpc) is 2.26. The van der Waals surface area contributed by atoms with E-state index in [1.165, 1.54) is 5.56 Å². The molecule has 3 heteroatoms. The number of nitrogens with zero attached hydrogens (tertiary/aromatic N) is 1. The van der Waals surface area contributed by atoms with Crippen molar-refractivity contribution in [3.8, 4) is 0 Å². The maximum absolute atomic E-state index is 5.90. The Bertz CT molecular complexity index is 315. The molecule has 0 aliphatic heterocycles. The number of benzene rings is 1. The van der Waals surface area contributed by atoms with E-state index in [-0.39, 0.29) is 0 Å². The summed E-state index contributed by atoms with van der Waals surface area (Å²) in [6.07, 6.45) is 2.13. The third-order valence-corrected chi connectivity index (χ3v) is 3.24. The highest BCUT2D eigenvalue weighted by Crippen LogP contribution is 2.13. The topological polar surface area (TPSA) is 29.3 Å². The second kappa shape index (κ2) is 7.05. The molecule has 1 rings (SSSR count). The lowest BCUT2D eigenvalue weighted by Gasteiger charge is -2.18. The highest BCUT2D eigenvalue weighted by molar-refractivity contribution is 9.10. The van der Waals surface area contributed by atoms with Gasteiger partial charge in [0.2, 0.25) is 0 Å². The molecule has 16 heavy (non-hydrogen) atoms. The SMILES string of the molecule is CCC(N)CCN(C)Cc1cccc(Br)c1. The van der Waals surface area contributed by atoms with Crippen LogP contribution in [0.5, 0.6) is 0 Å². The number of hydrogen-bond donors (Lipinski definition) is 1. The van der Waals surface area contributed by atoms with Gasteiger partial charge in [0.25, 0.3) is 0 Å². The van der Waals surface area contributed by atoms with E-state index in [4.69, 9.17) is 5.73 Å². The minimum Gasteiger partial charge on any atom is -0.328 e. The molecule has 0 aliphatic rings. The maximum Gasteiger partial charge on any atom is 0.0231 e. The predicted molar refractivity (Wildman–Crippen MR) is 73.4 cm³/mol. The van der Waals surface area contributed by atoms with E-state index in [1.807, 2.05) is 0 Å². The lowest BCUT2D eigenvalue weighted by molar-refractivity contribution is 0.309. The third-order valence-electron chi connectivity index (χ3n) is 2.75. The molecular formula is C13H21BrN2. The zero-order chi connectivity index (χ0) is 12.0. The zero-order valence-corrected chi connectivity index (χ0v) is 11.7. The van der Waals surface area contributed by atoms with Crippen LogP contribution < -0.4 is 5.73 Å². The zero-order valence-electron chi connectivity index (χ0n) is 10.1. The van der Waals surface area contributed by atoms with Crippen molar-refractivity contribution in [3.63, 3.8) is 0 Å². The summed E-state index contributed by atoms with van der Waals surface area (Å²) < 4.78 is 1.14. The molecule has 0 amide bonds. The van der Waals surface area contributed by atoms with Gasteiger partial charge in [0, 0.05) is 17.1 Å². The van der Waals surface area contributed by atoms with Crippen molar-refractivity contribution in [3.05, 3.63) is 34.3 Å². The molecule has 1 unspecified atom stereocenters. The first-order valence-corrected chi connectivity index (χ1v) is 6.59. The summed E-state index contributed by atoms with van der Waals surface area (Å²) in [6, 6.07) is 8.78. The number of halogens is 1. The fourth-order valence-electron chi connectivity index (χ4n) is 1.62. The van der Waals surface area contributed by atoms with Gasteiger partial charge in [-0.2, -0.15) is 0 Å². The molecule has 2 nitrogen and oxygen atoms in total. The standard InChI is InChI=1S/C13H21BrN2/c1-3-13(15)7-8-16(2)10-11-5-4-6-12(14)9-11/h4-6,9,13H,3,7-8,10,15H2,1-2H3. The van der Waals surface area contributed by atoms with Gasteiger partial charge in [-0.3, -0.25) is 0 Å². The highest BCUT2D eigenvalue weighted by atomic mass is 79.9. The predicted octanol–water partition coefficient (Wildman–Crippen LogP) is 3.01. The molecule has 0 radical (unpaired) electrons. The second-order valence-electron chi connectivity index (χ2n) is 4.32. The Morgan fingerprint density at radius 2 is 2.19 bits per heavy atom. The quantitative estimate of drug-likeness (QED) is 0.870. The van der Waals surface area contributed by atoms with Crippen LogP contribution in [0.4, 0.5) is 0 Å². The van der Waals surface area contributed by atoms with Crippen LogP contribution in [0, 0.1) is 0 Å². The Morgan fingerprint density at radius 1 is 1.44 bits per heavy atom. The Kier molecular flexibility index (Phi) is 6.03. The van der Waals surface area contributed by atoms with E-state index < -0.39 is 0 Å². The molecule has 2 N–H and O–H groups in total. The number of hydrogen-bond acceptors (Lipinski definition) is 2. The van der Waals surface area contributed by atoms with Crippen LogP contribution in [0.25, 0.3) is 0 Å². The Balaban J connectivity index is 2.36. The summed E-state index contributed by atoms with van der Waals surface area (Å²) in [7, 11) is 2.14. The molecule has 1 aromatic rings. The summed E-state index contributed by atoms with van der Waals surface area (Å²) in [5.74, 6) is 0. The van der Waals surface area contributed by atoms with Gasteiger partial charge < -0.3 is 10.6 Å². The largest absolute Gasteiger partial charge is 0.328 e. The molecule has 1 aromatic carbocycles. The summed E-state index contributed by atoms with van der Waals surface area (Å²) in [5, 5.41) is 0. The molecule has 90 valence electrons. The van der Waals surface area contributed by atoms with E-state index in [9.17, 15) is 0 Å². The van der Waals surface area contributed by atoms with Gasteiger partial charge >= 0.3 is 0 Å². The lowest BCUT2D eigenvalue weighted by atomic mass is 10.1. The van der Waals surface area contributed by atoms with Gasteiger partial charge in [-0.25, -0.2) is 0 Å². The Labute approximate surface area is 107 Å². The first kappa shape index (κ1) is 13.7. The monoisotopic (exact) mass is 284 g/mol. The summed E-state index contributed by atoms with van der Waals surface area (Å²) >= 11 is 3.49. The Hall–Kier alpha value is -0.380. The minimum absolute atomic E-state index is 0.338. The van der Waals surface area contributed by atoms with Gasteiger partial charge in [0.15, 0.2) is 0 Å². The van der Waals surface area contributed by atoms with Crippen LogP contribution >= 0.6 is 15.9 Å². The second-order valence-corrected chi connectivity index (χ2v) is 5.24. The molecule has 0 saturated carbocycles. The van der Waals surface area contributed by atoms with Crippen LogP contribution in [0.1, 0.15) is 25.3 Å². The molecule has 0 aliphatic carbocycles. The minimum atomic E-state index is 0.338. The molecule has 0 fully saturated rings. The fourth-order valence-corrected chi connectivity index (χ4v) is 2.06. The lowest BCUT2D eigenvalue weighted by Crippen LogP contribution is -2.27. The normalized spacial score (nSPS) is 13.1. The van der Waals surface area contributed by atoms with E-state index in [2.05, 4.69) is 59.1 Å². The van der Waals surface area contributed by atoms with Gasteiger partial charge in [0.05, 0.1) is 0 Å². The average molecular weight is 285 g/mol. The molecule has 0 heterocycles. The van der Waals surface area contributed by atoms with Gasteiger partial charge in [0.1, 0.15) is 0 Å². The van der Waals surface area contributed by atoms with Crippen molar-refractivity contribution < 1.29 is 0 Å². The maximum atomic E-state index is 5.90. The van der Waals surface area contributed by atoms with E-state index in [0.29, 0.717) is 6.04 Å². The Morgan fingerprint density at radius 3 is 2.81 bits per heavy atom. The van der Waals surface area contributed by atoms with Crippen LogP contribution in [-0.4, -0.2) is 24.5 Å². The van der Waals surface area contributed by atoms with Crippen LogP contribution in [0.15, 0.2) is 28.7 Å². The van der Waals surface area contributed by atoms with E-state index >= 15 is 0 Å². The number of nitrogens with two attached hydrogens (primary N) is 1. The molecule has 1 atom stereocenters. The van der Waals surface area contributed by atoms with E-state index in [0.717, 1.165) is 30.4 Å². The molecule has 0 aromatic heterocycles. The van der Waals surface area contributed by atoms with Crippen molar-refractivity contribution >= 4 is 15.9 Å². The summed E-state index contributed by atoms with van der Waals surface area (Å²) in [6.45, 7) is 4.18. The highest BCUT2D eigenvalue weighted by Gasteiger charge is 2.04. The molecule has 0 saturated heterocycles. The van der Waals surface area contributed by atoms with Crippen LogP contribution in [0.3, 0.4) is 0 Å². The van der Waals surface area contributed by atoms with Gasteiger partial charge in [-0.1, -0.05) is 35.0 Å². The number of rotatable bonds is 6. The van der Waals surface area contributed by atoms with Crippen LogP contribution in [-0.2, 0) is 6.54 Å². The molecular weight excluding hydrogens is 264 g/mol. The van der Waals surface area contributed by atoms with Crippen molar-refractivity contribution in [1.82, 2.24) is 4.90 Å². The summed E-state index contributed by atoms with van der Waals surface area (Å²) in [5.41, 5.74) is 7.24. The van der Waals surface area contributed by atoms with Crippen LogP contribution in [0.2, 0.25) is 0 Å². The first-order chi connectivity index (χ1) is 7.61. The van der Waals surface area contributed by atoms with E-state index in [1.54, 1.807) is 0 Å². The van der Waals surface area contributed by atoms with Crippen molar-refractivity contribution in [1.29, 1.82) is 0 Å². The smallest absolute Gasteiger partial charge is 0.0231 e.